The Morgan fingerprint density at radius 2 is 1.89 bits per heavy atom. The van der Waals surface area contributed by atoms with Gasteiger partial charge in [0.25, 0.3) is 0 Å². The Morgan fingerprint density at radius 3 is 2.56 bits per heavy atom. The summed E-state index contributed by atoms with van der Waals surface area (Å²) in [5.74, 6) is -1.17. The van der Waals surface area contributed by atoms with Crippen molar-refractivity contribution in [3.05, 3.63) is 29.8 Å². The molecule has 0 bridgehead atoms. The molecule has 0 heterocycles. The summed E-state index contributed by atoms with van der Waals surface area (Å²) in [6.45, 7) is 2.45. The van der Waals surface area contributed by atoms with E-state index in [4.69, 9.17) is 5.73 Å². The highest BCUT2D eigenvalue weighted by molar-refractivity contribution is 5.91. The van der Waals surface area contributed by atoms with E-state index in [1.807, 2.05) is 6.07 Å². The molecule has 1 rings (SSSR count). The number of phenols is 1. The number of hydrogen-bond acceptors (Lipinski definition) is 4. The van der Waals surface area contributed by atoms with Gasteiger partial charge in [0.15, 0.2) is 0 Å². The Hall–Kier alpha value is -2.57. The lowest BCUT2D eigenvalue weighted by Gasteiger charge is -2.17. The van der Waals surface area contributed by atoms with Crippen LogP contribution in [0.25, 0.3) is 0 Å². The van der Waals surface area contributed by atoms with Gasteiger partial charge in [-0.3, -0.25) is 14.4 Å². The van der Waals surface area contributed by atoms with E-state index < -0.39 is 17.9 Å². The van der Waals surface area contributed by atoms with Gasteiger partial charge < -0.3 is 21.5 Å². The van der Waals surface area contributed by atoms with Crippen molar-refractivity contribution < 1.29 is 19.5 Å². The lowest BCUT2D eigenvalue weighted by molar-refractivity contribution is -0.131. The van der Waals surface area contributed by atoms with Crippen molar-refractivity contribution in [2.24, 2.45) is 5.73 Å². The van der Waals surface area contributed by atoms with Crippen molar-refractivity contribution in [2.45, 2.75) is 64.3 Å². The van der Waals surface area contributed by atoms with E-state index >= 15 is 0 Å². The lowest BCUT2D eigenvalue weighted by Crippen LogP contribution is -2.48. The third kappa shape index (κ3) is 10.2. The Morgan fingerprint density at radius 1 is 1.15 bits per heavy atom. The number of primary amides is 1. The average molecular weight is 377 g/mol. The van der Waals surface area contributed by atoms with Crippen molar-refractivity contribution in [3.8, 4) is 5.75 Å². The molecule has 1 aromatic carbocycles. The molecule has 0 aliphatic heterocycles. The lowest BCUT2D eigenvalue weighted by atomic mass is 10.1. The fraction of sp³-hybridized carbons (Fsp3) is 0.550. The van der Waals surface area contributed by atoms with Crippen LogP contribution in [0.3, 0.4) is 0 Å². The van der Waals surface area contributed by atoms with Crippen LogP contribution in [0.5, 0.6) is 5.75 Å². The first-order valence-electron chi connectivity index (χ1n) is 9.55. The summed E-state index contributed by atoms with van der Waals surface area (Å²) in [6.07, 6.45) is 5.71. The Balaban J connectivity index is 2.43. The number of carbonyl (C=O) groups is 3. The summed E-state index contributed by atoms with van der Waals surface area (Å²) in [6, 6.07) is 5.79. The molecule has 0 spiro atoms. The number of hydrogen-bond donors (Lipinski definition) is 4. The third-order valence-electron chi connectivity index (χ3n) is 4.19. The second-order valence-electron chi connectivity index (χ2n) is 6.67. The van der Waals surface area contributed by atoms with Gasteiger partial charge in [-0.15, -0.1) is 0 Å². The number of unbranched alkanes of at least 4 members (excludes halogenated alkanes) is 4. The van der Waals surface area contributed by atoms with E-state index in [2.05, 4.69) is 17.6 Å². The van der Waals surface area contributed by atoms with Crippen LogP contribution >= 0.6 is 0 Å². The van der Waals surface area contributed by atoms with Crippen LogP contribution in [0.15, 0.2) is 24.3 Å². The maximum atomic E-state index is 12.3. The number of aromatic hydroxyl groups is 1. The zero-order valence-corrected chi connectivity index (χ0v) is 16.0. The van der Waals surface area contributed by atoms with Crippen molar-refractivity contribution in [1.29, 1.82) is 0 Å². The third-order valence-corrected chi connectivity index (χ3v) is 4.19. The smallest absolute Gasteiger partial charge is 0.243 e. The predicted octanol–water partition coefficient (Wildman–Crippen LogP) is 1.77. The second kappa shape index (κ2) is 12.7. The van der Waals surface area contributed by atoms with Gasteiger partial charge in [0.1, 0.15) is 11.8 Å². The molecule has 1 aromatic rings. The summed E-state index contributed by atoms with van der Waals surface area (Å²) in [5.41, 5.74) is 6.07. The van der Waals surface area contributed by atoms with Crippen LogP contribution in [0.1, 0.15) is 57.4 Å². The SMILES string of the molecule is CCCCCCCC(=O)NC(CC(N)=O)C(=O)NCCc1cccc(O)c1. The summed E-state index contributed by atoms with van der Waals surface area (Å²) < 4.78 is 0. The zero-order chi connectivity index (χ0) is 20.1. The van der Waals surface area contributed by atoms with E-state index in [1.165, 1.54) is 0 Å². The van der Waals surface area contributed by atoms with Gasteiger partial charge >= 0.3 is 0 Å². The fourth-order valence-electron chi connectivity index (χ4n) is 2.73. The van der Waals surface area contributed by atoms with E-state index in [-0.39, 0.29) is 18.1 Å². The number of amides is 3. The number of carbonyl (C=O) groups excluding carboxylic acids is 3. The van der Waals surface area contributed by atoms with Crippen LogP contribution in [0.4, 0.5) is 0 Å². The molecule has 150 valence electrons. The molecule has 3 amide bonds. The molecule has 0 aliphatic rings. The predicted molar refractivity (Wildman–Crippen MR) is 104 cm³/mol. The van der Waals surface area contributed by atoms with E-state index in [0.717, 1.165) is 37.7 Å². The van der Waals surface area contributed by atoms with Crippen molar-refractivity contribution >= 4 is 17.7 Å². The van der Waals surface area contributed by atoms with E-state index in [0.29, 0.717) is 19.4 Å². The molecule has 7 heteroatoms. The first-order valence-corrected chi connectivity index (χ1v) is 9.55. The zero-order valence-electron chi connectivity index (χ0n) is 16.0. The molecular weight excluding hydrogens is 346 g/mol. The van der Waals surface area contributed by atoms with Gasteiger partial charge in [-0.05, 0) is 30.5 Å². The highest BCUT2D eigenvalue weighted by Crippen LogP contribution is 2.11. The minimum absolute atomic E-state index is 0.164. The van der Waals surface area contributed by atoms with Gasteiger partial charge in [-0.1, -0.05) is 44.7 Å². The Labute approximate surface area is 160 Å². The van der Waals surface area contributed by atoms with Crippen molar-refractivity contribution in [3.63, 3.8) is 0 Å². The maximum absolute atomic E-state index is 12.3. The Kier molecular flexibility index (Phi) is 10.6. The minimum Gasteiger partial charge on any atom is -0.508 e. The van der Waals surface area contributed by atoms with Crippen LogP contribution in [0, 0.1) is 0 Å². The van der Waals surface area contributed by atoms with Gasteiger partial charge in [0, 0.05) is 13.0 Å². The number of rotatable bonds is 13. The summed E-state index contributed by atoms with van der Waals surface area (Å²) in [7, 11) is 0. The van der Waals surface area contributed by atoms with Crippen molar-refractivity contribution in [1.82, 2.24) is 10.6 Å². The fourth-order valence-corrected chi connectivity index (χ4v) is 2.73. The number of benzene rings is 1. The first kappa shape index (κ1) is 22.5. The summed E-state index contributed by atoms with van der Waals surface area (Å²) in [4.78, 5) is 35.6. The molecule has 1 unspecified atom stereocenters. The van der Waals surface area contributed by atoms with E-state index in [1.54, 1.807) is 18.2 Å². The molecule has 1 atom stereocenters. The molecule has 0 aromatic heterocycles. The molecule has 27 heavy (non-hydrogen) atoms. The normalized spacial score (nSPS) is 11.6. The number of nitrogens with one attached hydrogen (secondary N) is 2. The highest BCUT2D eigenvalue weighted by atomic mass is 16.3. The maximum Gasteiger partial charge on any atom is 0.243 e. The first-order chi connectivity index (χ1) is 12.9. The molecule has 0 saturated carbocycles. The molecular formula is C20H31N3O4. The van der Waals surface area contributed by atoms with Gasteiger partial charge in [0.2, 0.25) is 17.7 Å². The van der Waals surface area contributed by atoms with Gasteiger partial charge in [-0.25, -0.2) is 0 Å². The van der Waals surface area contributed by atoms with Crippen LogP contribution < -0.4 is 16.4 Å². The monoisotopic (exact) mass is 377 g/mol. The summed E-state index contributed by atoms with van der Waals surface area (Å²) in [5, 5.41) is 14.7. The average Bonchev–Trinajstić information content (AvgIpc) is 2.60. The quantitative estimate of drug-likeness (QED) is 0.391. The molecule has 5 N–H and O–H groups in total. The number of phenolic OH excluding ortho intramolecular Hbond substituents is 1. The van der Waals surface area contributed by atoms with E-state index in [9.17, 15) is 19.5 Å². The van der Waals surface area contributed by atoms with Gasteiger partial charge in [-0.2, -0.15) is 0 Å². The molecule has 0 radical (unpaired) electrons. The summed E-state index contributed by atoms with van der Waals surface area (Å²) >= 11 is 0. The van der Waals surface area contributed by atoms with Crippen molar-refractivity contribution in [2.75, 3.05) is 6.54 Å². The standard InChI is InChI=1S/C20H31N3O4/c1-2-3-4-5-6-10-19(26)23-17(14-18(21)25)20(27)22-12-11-15-8-7-9-16(24)13-15/h7-9,13,17,24H,2-6,10-12,14H2,1H3,(H2,21,25)(H,22,27)(H,23,26). The topological polar surface area (TPSA) is 122 Å². The van der Waals surface area contributed by atoms with Gasteiger partial charge in [0.05, 0.1) is 6.42 Å². The molecule has 0 aliphatic carbocycles. The second-order valence-corrected chi connectivity index (χ2v) is 6.67. The van der Waals surface area contributed by atoms with Crippen LogP contribution in [0.2, 0.25) is 0 Å². The molecule has 0 saturated heterocycles. The number of nitrogens with two attached hydrogens (primary N) is 1. The Bertz CT molecular complexity index is 619. The molecule has 0 fully saturated rings. The molecule has 7 nitrogen and oxygen atoms in total. The van der Waals surface area contributed by atoms with Crippen LogP contribution in [-0.4, -0.2) is 35.4 Å². The largest absolute Gasteiger partial charge is 0.508 e. The minimum atomic E-state index is -0.963. The van der Waals surface area contributed by atoms with Crippen LogP contribution in [-0.2, 0) is 20.8 Å². The highest BCUT2D eigenvalue weighted by Gasteiger charge is 2.22.